The summed E-state index contributed by atoms with van der Waals surface area (Å²) in [7, 11) is 0. The molecule has 2 rings (SSSR count). The predicted octanol–water partition coefficient (Wildman–Crippen LogP) is 1.78. The Morgan fingerprint density at radius 2 is 2.35 bits per heavy atom. The van der Waals surface area contributed by atoms with Gasteiger partial charge in [0.25, 0.3) is 0 Å². The first-order chi connectivity index (χ1) is 8.20. The lowest BCUT2D eigenvalue weighted by Crippen LogP contribution is -2.11. The van der Waals surface area contributed by atoms with Crippen LogP contribution in [-0.4, -0.2) is 15.3 Å². The van der Waals surface area contributed by atoms with Crippen molar-refractivity contribution in [1.29, 1.82) is 5.26 Å². The Hall–Kier alpha value is -2.48. The molecule has 0 aliphatic heterocycles. The number of nitrogens with zero attached hydrogens (tertiary/aromatic N) is 3. The first kappa shape index (κ1) is 11.0. The number of hydrogen-bond acceptors (Lipinski definition) is 3. The number of nitriles is 1. The molecule has 0 unspecified atom stereocenters. The number of carbonyl (C=O) groups is 1. The minimum atomic E-state index is -0.456. The van der Waals surface area contributed by atoms with Gasteiger partial charge < -0.3 is 4.57 Å². The van der Waals surface area contributed by atoms with Crippen LogP contribution in [0.5, 0.6) is 0 Å². The third-order valence-electron chi connectivity index (χ3n) is 2.28. The van der Waals surface area contributed by atoms with E-state index in [4.69, 9.17) is 5.26 Å². The van der Waals surface area contributed by atoms with E-state index >= 15 is 0 Å². The highest BCUT2D eigenvalue weighted by Crippen LogP contribution is 2.06. The van der Waals surface area contributed by atoms with E-state index in [1.54, 1.807) is 0 Å². The molecular formula is C12H8FN3O. The third-order valence-corrected chi connectivity index (χ3v) is 2.28. The minimum Gasteiger partial charge on any atom is -0.315 e. The zero-order chi connectivity index (χ0) is 12.3. The lowest BCUT2D eigenvalue weighted by molar-refractivity contribution is 0.0971. The Balaban J connectivity index is 2.21. The zero-order valence-corrected chi connectivity index (χ0v) is 8.80. The molecule has 0 N–H and O–H groups in total. The molecular weight excluding hydrogens is 221 g/mol. The van der Waals surface area contributed by atoms with Gasteiger partial charge >= 0.3 is 0 Å². The summed E-state index contributed by atoms with van der Waals surface area (Å²) in [5.41, 5.74) is 0.280. The minimum absolute atomic E-state index is 0.0215. The Kier molecular flexibility index (Phi) is 2.97. The summed E-state index contributed by atoms with van der Waals surface area (Å²) in [6.45, 7) is -0.0215. The quantitative estimate of drug-likeness (QED) is 0.754. The average molecular weight is 229 g/mol. The van der Waals surface area contributed by atoms with Crippen LogP contribution in [0.4, 0.5) is 4.39 Å². The summed E-state index contributed by atoms with van der Waals surface area (Å²) < 4.78 is 14.4. The summed E-state index contributed by atoms with van der Waals surface area (Å²) in [6.07, 6.45) is 2.98. The van der Waals surface area contributed by atoms with E-state index in [-0.39, 0.29) is 23.7 Å². The summed E-state index contributed by atoms with van der Waals surface area (Å²) in [5, 5.41) is 8.73. The number of aromatic nitrogens is 2. The number of imidazole rings is 1. The van der Waals surface area contributed by atoms with E-state index in [9.17, 15) is 9.18 Å². The molecule has 1 aromatic carbocycles. The van der Waals surface area contributed by atoms with E-state index in [0.29, 0.717) is 0 Å². The van der Waals surface area contributed by atoms with Gasteiger partial charge in [-0.2, -0.15) is 5.26 Å². The molecule has 2 aromatic rings. The maximum absolute atomic E-state index is 12.9. The standard InChI is InChI=1S/C12H8FN3O/c13-10-3-1-2-9(6-10)11(17)8-16-5-4-15-12(16)7-14/h1-6H,8H2. The van der Waals surface area contributed by atoms with E-state index in [0.717, 1.165) is 0 Å². The first-order valence-electron chi connectivity index (χ1n) is 4.90. The molecule has 0 bridgehead atoms. The molecule has 0 atom stereocenters. The summed E-state index contributed by atoms with van der Waals surface area (Å²) in [4.78, 5) is 15.6. The molecule has 84 valence electrons. The van der Waals surface area contributed by atoms with Crippen LogP contribution >= 0.6 is 0 Å². The molecule has 0 radical (unpaired) electrons. The molecule has 0 spiro atoms. The highest BCUT2D eigenvalue weighted by atomic mass is 19.1. The van der Waals surface area contributed by atoms with Crippen molar-refractivity contribution in [2.45, 2.75) is 6.54 Å². The van der Waals surface area contributed by atoms with Crippen molar-refractivity contribution in [3.8, 4) is 6.07 Å². The van der Waals surface area contributed by atoms with Gasteiger partial charge in [0.05, 0.1) is 6.54 Å². The molecule has 5 heteroatoms. The molecule has 0 amide bonds. The highest BCUT2D eigenvalue weighted by molar-refractivity contribution is 5.95. The molecule has 4 nitrogen and oxygen atoms in total. The van der Waals surface area contributed by atoms with Crippen LogP contribution in [-0.2, 0) is 6.54 Å². The Labute approximate surface area is 96.9 Å². The zero-order valence-electron chi connectivity index (χ0n) is 8.80. The fraction of sp³-hybridized carbons (Fsp3) is 0.0833. The van der Waals surface area contributed by atoms with Crippen molar-refractivity contribution in [2.75, 3.05) is 0 Å². The smallest absolute Gasteiger partial charge is 0.213 e. The second-order valence-electron chi connectivity index (χ2n) is 3.42. The van der Waals surface area contributed by atoms with Crippen LogP contribution in [0, 0.1) is 17.1 Å². The number of hydrogen-bond donors (Lipinski definition) is 0. The van der Waals surface area contributed by atoms with E-state index in [1.165, 1.54) is 41.2 Å². The number of halogens is 1. The Bertz CT molecular complexity index is 598. The van der Waals surface area contributed by atoms with E-state index in [1.807, 2.05) is 6.07 Å². The van der Waals surface area contributed by atoms with Crippen LogP contribution in [0.15, 0.2) is 36.7 Å². The molecule has 1 heterocycles. The van der Waals surface area contributed by atoms with Gasteiger partial charge in [-0.1, -0.05) is 12.1 Å². The van der Waals surface area contributed by atoms with Gasteiger partial charge in [0, 0.05) is 18.0 Å². The van der Waals surface area contributed by atoms with Gasteiger partial charge in [-0.15, -0.1) is 0 Å². The largest absolute Gasteiger partial charge is 0.315 e. The van der Waals surface area contributed by atoms with Gasteiger partial charge in [0.2, 0.25) is 5.82 Å². The fourth-order valence-corrected chi connectivity index (χ4v) is 1.46. The number of ketones is 1. The van der Waals surface area contributed by atoms with Crippen LogP contribution in [0.25, 0.3) is 0 Å². The monoisotopic (exact) mass is 229 g/mol. The van der Waals surface area contributed by atoms with Crippen molar-refractivity contribution >= 4 is 5.78 Å². The van der Waals surface area contributed by atoms with Crippen molar-refractivity contribution in [2.24, 2.45) is 0 Å². The second-order valence-corrected chi connectivity index (χ2v) is 3.42. The molecule has 17 heavy (non-hydrogen) atoms. The third kappa shape index (κ3) is 2.37. The number of rotatable bonds is 3. The lowest BCUT2D eigenvalue weighted by Gasteiger charge is -2.03. The molecule has 0 saturated carbocycles. The predicted molar refractivity (Wildman–Crippen MR) is 57.7 cm³/mol. The van der Waals surface area contributed by atoms with Gasteiger partial charge in [0.1, 0.15) is 11.9 Å². The van der Waals surface area contributed by atoms with Gasteiger partial charge in [0.15, 0.2) is 5.78 Å². The summed E-state index contributed by atoms with van der Waals surface area (Å²) in [5.74, 6) is -0.559. The van der Waals surface area contributed by atoms with Crippen LogP contribution in [0.3, 0.4) is 0 Å². The summed E-state index contributed by atoms with van der Waals surface area (Å²) >= 11 is 0. The SMILES string of the molecule is N#Cc1nccn1CC(=O)c1cccc(F)c1. The van der Waals surface area contributed by atoms with Gasteiger partial charge in [-0.05, 0) is 12.1 Å². The highest BCUT2D eigenvalue weighted by Gasteiger charge is 2.10. The lowest BCUT2D eigenvalue weighted by atomic mass is 10.1. The van der Waals surface area contributed by atoms with Crippen molar-refractivity contribution in [1.82, 2.24) is 9.55 Å². The Morgan fingerprint density at radius 3 is 3.06 bits per heavy atom. The molecule has 0 fully saturated rings. The van der Waals surface area contributed by atoms with E-state index in [2.05, 4.69) is 4.98 Å². The van der Waals surface area contributed by atoms with Gasteiger partial charge in [-0.25, -0.2) is 9.37 Å². The maximum Gasteiger partial charge on any atom is 0.213 e. The Morgan fingerprint density at radius 1 is 1.53 bits per heavy atom. The van der Waals surface area contributed by atoms with Crippen molar-refractivity contribution in [3.63, 3.8) is 0 Å². The molecule has 1 aromatic heterocycles. The van der Waals surface area contributed by atoms with Crippen molar-refractivity contribution < 1.29 is 9.18 Å². The van der Waals surface area contributed by atoms with Crippen LogP contribution in [0.1, 0.15) is 16.2 Å². The fourth-order valence-electron chi connectivity index (χ4n) is 1.46. The molecule has 0 aliphatic rings. The number of benzene rings is 1. The molecule has 0 aliphatic carbocycles. The van der Waals surface area contributed by atoms with Gasteiger partial charge in [-0.3, -0.25) is 4.79 Å². The number of Topliss-reactive ketones (excluding diaryl/α,β-unsaturated/α-hetero) is 1. The van der Waals surface area contributed by atoms with Crippen LogP contribution < -0.4 is 0 Å². The summed E-state index contributed by atoms with van der Waals surface area (Å²) in [6, 6.07) is 7.32. The topological polar surface area (TPSA) is 58.7 Å². The number of carbonyl (C=O) groups excluding carboxylic acids is 1. The second kappa shape index (κ2) is 4.58. The van der Waals surface area contributed by atoms with Crippen molar-refractivity contribution in [3.05, 3.63) is 53.9 Å². The maximum atomic E-state index is 12.9. The average Bonchev–Trinajstić information content (AvgIpc) is 2.76. The first-order valence-corrected chi connectivity index (χ1v) is 4.90. The molecule has 0 saturated heterocycles. The van der Waals surface area contributed by atoms with E-state index < -0.39 is 5.82 Å². The van der Waals surface area contributed by atoms with Crippen LogP contribution in [0.2, 0.25) is 0 Å². The normalized spacial score (nSPS) is 9.88.